The number of nitrogens with zero attached hydrogens (tertiary/aromatic N) is 3. The molecule has 2 heterocycles. The molecule has 0 saturated heterocycles. The molecule has 7 heteroatoms. The van der Waals surface area contributed by atoms with E-state index in [2.05, 4.69) is 15.4 Å². The van der Waals surface area contributed by atoms with Crippen molar-refractivity contribution in [2.75, 3.05) is 11.1 Å². The van der Waals surface area contributed by atoms with Crippen molar-refractivity contribution in [2.24, 2.45) is 0 Å². The molecular formula is C20H15ClN4OS. The lowest BCUT2D eigenvalue weighted by Crippen LogP contribution is -2.14. The summed E-state index contributed by atoms with van der Waals surface area (Å²) < 4.78 is 1.74. The van der Waals surface area contributed by atoms with E-state index in [-0.39, 0.29) is 11.7 Å². The van der Waals surface area contributed by atoms with Gasteiger partial charge in [0.25, 0.3) is 0 Å². The van der Waals surface area contributed by atoms with E-state index in [9.17, 15) is 4.79 Å². The van der Waals surface area contributed by atoms with Crippen molar-refractivity contribution in [1.82, 2.24) is 14.6 Å². The maximum absolute atomic E-state index is 12.1. The third-order valence-electron chi connectivity index (χ3n) is 3.84. The minimum absolute atomic E-state index is 0.0974. The van der Waals surface area contributed by atoms with Gasteiger partial charge in [-0.2, -0.15) is 5.10 Å². The predicted molar refractivity (Wildman–Crippen MR) is 109 cm³/mol. The molecule has 0 aliphatic heterocycles. The van der Waals surface area contributed by atoms with Gasteiger partial charge in [-0.15, -0.1) is 0 Å². The van der Waals surface area contributed by atoms with Crippen LogP contribution in [0.2, 0.25) is 5.02 Å². The highest BCUT2D eigenvalue weighted by Crippen LogP contribution is 2.21. The highest BCUT2D eigenvalue weighted by Gasteiger charge is 2.08. The van der Waals surface area contributed by atoms with Crippen LogP contribution in [0.3, 0.4) is 0 Å². The lowest BCUT2D eigenvalue weighted by molar-refractivity contribution is -0.113. The van der Waals surface area contributed by atoms with Crippen LogP contribution in [0.15, 0.2) is 78.0 Å². The van der Waals surface area contributed by atoms with E-state index in [1.165, 1.54) is 11.8 Å². The Bertz CT molecular complexity index is 1080. The Morgan fingerprint density at radius 2 is 1.81 bits per heavy atom. The van der Waals surface area contributed by atoms with Crippen molar-refractivity contribution in [2.45, 2.75) is 5.03 Å². The number of rotatable bonds is 5. The van der Waals surface area contributed by atoms with Crippen LogP contribution in [0.4, 0.5) is 5.69 Å². The molecule has 1 N–H and O–H groups in total. The highest BCUT2D eigenvalue weighted by molar-refractivity contribution is 7.99. The molecule has 1 amide bonds. The molecule has 0 fully saturated rings. The van der Waals surface area contributed by atoms with Gasteiger partial charge < -0.3 is 5.32 Å². The average Bonchev–Trinajstić information content (AvgIpc) is 3.12. The minimum Gasteiger partial charge on any atom is -0.325 e. The van der Waals surface area contributed by atoms with Crippen molar-refractivity contribution >= 4 is 40.6 Å². The summed E-state index contributed by atoms with van der Waals surface area (Å²) in [7, 11) is 0. The molecule has 27 heavy (non-hydrogen) atoms. The Balaban J connectivity index is 1.43. The van der Waals surface area contributed by atoms with Crippen molar-refractivity contribution in [3.63, 3.8) is 0 Å². The zero-order valence-corrected chi connectivity index (χ0v) is 15.7. The van der Waals surface area contributed by atoms with Crippen LogP contribution in [0, 0.1) is 0 Å². The van der Waals surface area contributed by atoms with Crippen molar-refractivity contribution in [3.8, 4) is 11.3 Å². The van der Waals surface area contributed by atoms with Crippen LogP contribution in [-0.2, 0) is 4.79 Å². The third kappa shape index (κ3) is 4.30. The second kappa shape index (κ2) is 7.82. The number of hydrogen-bond acceptors (Lipinski definition) is 4. The van der Waals surface area contributed by atoms with E-state index in [1.54, 1.807) is 28.8 Å². The number of carbonyl (C=O) groups is 1. The van der Waals surface area contributed by atoms with E-state index < -0.39 is 0 Å². The number of hydrogen-bond donors (Lipinski definition) is 1. The summed E-state index contributed by atoms with van der Waals surface area (Å²) in [4.78, 5) is 16.7. The van der Waals surface area contributed by atoms with Gasteiger partial charge in [0.05, 0.1) is 17.6 Å². The van der Waals surface area contributed by atoms with Crippen molar-refractivity contribution in [3.05, 3.63) is 77.9 Å². The van der Waals surface area contributed by atoms with Crippen molar-refractivity contribution < 1.29 is 4.79 Å². The maximum Gasteiger partial charge on any atom is 0.234 e. The first-order chi connectivity index (χ1) is 13.2. The number of nitrogens with one attached hydrogen (secondary N) is 1. The molecule has 2 aromatic carbocycles. The third-order valence-corrected chi connectivity index (χ3v) is 5.02. The second-order valence-electron chi connectivity index (χ2n) is 5.81. The van der Waals surface area contributed by atoms with Gasteiger partial charge in [0.1, 0.15) is 5.03 Å². The quantitative estimate of drug-likeness (QED) is 0.495. The van der Waals surface area contributed by atoms with Crippen LogP contribution in [0.25, 0.3) is 16.9 Å². The van der Waals surface area contributed by atoms with Crippen LogP contribution < -0.4 is 5.32 Å². The molecule has 134 valence electrons. The molecule has 4 aromatic rings. The number of thioether (sulfide) groups is 1. The van der Waals surface area contributed by atoms with Crippen LogP contribution in [0.1, 0.15) is 0 Å². The molecule has 4 rings (SSSR count). The zero-order chi connectivity index (χ0) is 18.6. The smallest absolute Gasteiger partial charge is 0.234 e. The number of benzene rings is 2. The first kappa shape index (κ1) is 17.6. The van der Waals surface area contributed by atoms with E-state index in [4.69, 9.17) is 11.6 Å². The summed E-state index contributed by atoms with van der Waals surface area (Å²) in [5.41, 5.74) is 3.39. The van der Waals surface area contributed by atoms with Crippen molar-refractivity contribution in [1.29, 1.82) is 0 Å². The minimum atomic E-state index is -0.0974. The number of imidazole rings is 1. The number of fused-ring (bicyclic) bond motifs is 1. The largest absolute Gasteiger partial charge is 0.325 e. The molecule has 0 radical (unpaired) electrons. The fourth-order valence-electron chi connectivity index (χ4n) is 2.56. The number of amides is 1. The summed E-state index contributed by atoms with van der Waals surface area (Å²) in [5.74, 6) is 0.168. The lowest BCUT2D eigenvalue weighted by Gasteiger charge is -2.05. The van der Waals surface area contributed by atoms with Gasteiger partial charge in [-0.05, 0) is 36.4 Å². The zero-order valence-electron chi connectivity index (χ0n) is 14.2. The Labute approximate surface area is 165 Å². The Morgan fingerprint density at radius 3 is 2.59 bits per heavy atom. The van der Waals surface area contributed by atoms with Crippen LogP contribution in [-0.4, -0.2) is 26.3 Å². The van der Waals surface area contributed by atoms with E-state index in [0.717, 1.165) is 27.6 Å². The molecule has 2 aromatic heterocycles. The fourth-order valence-corrected chi connectivity index (χ4v) is 3.35. The summed E-state index contributed by atoms with van der Waals surface area (Å²) in [6.45, 7) is 0. The summed E-state index contributed by atoms with van der Waals surface area (Å²) in [6.07, 6.45) is 1.89. The van der Waals surface area contributed by atoms with E-state index in [0.29, 0.717) is 5.02 Å². The predicted octanol–water partition coefficient (Wildman–Crippen LogP) is 4.78. The SMILES string of the molecule is O=C(CSc1ccc2nc(-c3ccccc3)cn2n1)Nc1ccc(Cl)cc1. The molecule has 0 aliphatic rings. The van der Waals surface area contributed by atoms with Gasteiger partial charge in [-0.3, -0.25) is 4.79 Å². The Hall–Kier alpha value is -2.83. The number of halogens is 1. The maximum atomic E-state index is 12.1. The van der Waals surface area contributed by atoms with Crippen LogP contribution >= 0.6 is 23.4 Å². The van der Waals surface area contributed by atoms with Gasteiger partial charge in [-0.25, -0.2) is 9.50 Å². The van der Waals surface area contributed by atoms with Gasteiger partial charge in [-0.1, -0.05) is 53.7 Å². The fraction of sp³-hybridized carbons (Fsp3) is 0.0500. The molecule has 0 aliphatic carbocycles. The van der Waals surface area contributed by atoms with Gasteiger partial charge in [0.15, 0.2) is 5.65 Å². The number of aromatic nitrogens is 3. The average molecular weight is 395 g/mol. The summed E-state index contributed by atoms with van der Waals surface area (Å²) in [6, 6.07) is 20.7. The Kier molecular flexibility index (Phi) is 5.09. The van der Waals surface area contributed by atoms with E-state index >= 15 is 0 Å². The van der Waals surface area contributed by atoms with E-state index in [1.807, 2.05) is 48.7 Å². The molecular weight excluding hydrogens is 380 g/mol. The molecule has 0 atom stereocenters. The molecule has 0 saturated carbocycles. The lowest BCUT2D eigenvalue weighted by atomic mass is 10.2. The summed E-state index contributed by atoms with van der Waals surface area (Å²) in [5, 5.41) is 8.76. The van der Waals surface area contributed by atoms with Crippen LogP contribution in [0.5, 0.6) is 0 Å². The molecule has 0 spiro atoms. The van der Waals surface area contributed by atoms with Gasteiger partial charge >= 0.3 is 0 Å². The molecule has 5 nitrogen and oxygen atoms in total. The normalized spacial score (nSPS) is 10.9. The monoisotopic (exact) mass is 394 g/mol. The second-order valence-corrected chi connectivity index (χ2v) is 7.24. The molecule has 0 bridgehead atoms. The van der Waals surface area contributed by atoms with Gasteiger partial charge in [0, 0.05) is 16.3 Å². The molecule has 0 unspecified atom stereocenters. The van der Waals surface area contributed by atoms with Gasteiger partial charge in [0.2, 0.25) is 5.91 Å². The number of carbonyl (C=O) groups excluding carboxylic acids is 1. The summed E-state index contributed by atoms with van der Waals surface area (Å²) >= 11 is 7.22. The topological polar surface area (TPSA) is 59.3 Å². The first-order valence-electron chi connectivity index (χ1n) is 8.27. The Morgan fingerprint density at radius 1 is 1.04 bits per heavy atom. The standard InChI is InChI=1S/C20H15ClN4OS/c21-15-6-8-16(9-7-15)22-19(26)13-27-20-11-10-18-23-17(12-25(18)24-20)14-4-2-1-3-5-14/h1-12H,13H2,(H,22,26). The number of anilines is 1. The first-order valence-corrected chi connectivity index (χ1v) is 9.64. The highest BCUT2D eigenvalue weighted by atomic mass is 35.5.